The summed E-state index contributed by atoms with van der Waals surface area (Å²) >= 11 is 0. The maximum absolute atomic E-state index is 5.78. The fraction of sp³-hybridized carbons (Fsp3) is 0.333. The van der Waals surface area contributed by atoms with Crippen LogP contribution in [0.15, 0.2) is 42.5 Å². The highest BCUT2D eigenvalue weighted by atomic mass is 16.5. The molecule has 3 heteroatoms. The molecule has 0 atom stereocenters. The summed E-state index contributed by atoms with van der Waals surface area (Å²) in [6.07, 6.45) is 0.958. The van der Waals surface area contributed by atoms with Gasteiger partial charge in [0, 0.05) is 26.1 Å². The summed E-state index contributed by atoms with van der Waals surface area (Å²) < 4.78 is 11.6. The van der Waals surface area contributed by atoms with Crippen molar-refractivity contribution in [2.24, 2.45) is 0 Å². The second kappa shape index (κ2) is 5.41. The lowest BCUT2D eigenvalue weighted by atomic mass is 10.1. The van der Waals surface area contributed by atoms with E-state index in [4.69, 9.17) is 9.47 Å². The van der Waals surface area contributed by atoms with Gasteiger partial charge in [0.05, 0.1) is 13.2 Å². The SMILES string of the molecule is c1ccc(CN2Cc3cc4c(cc3C2)OCCCO4)cc1. The fourth-order valence-corrected chi connectivity index (χ4v) is 3.08. The average molecular weight is 281 g/mol. The maximum Gasteiger partial charge on any atom is 0.161 e. The molecule has 0 unspecified atom stereocenters. The first-order chi connectivity index (χ1) is 10.4. The van der Waals surface area contributed by atoms with Crippen molar-refractivity contribution in [3.63, 3.8) is 0 Å². The van der Waals surface area contributed by atoms with Gasteiger partial charge in [-0.05, 0) is 28.8 Å². The molecule has 0 fully saturated rings. The summed E-state index contributed by atoms with van der Waals surface area (Å²) in [6.45, 7) is 4.46. The van der Waals surface area contributed by atoms with E-state index in [-0.39, 0.29) is 0 Å². The number of hydrogen-bond donors (Lipinski definition) is 0. The van der Waals surface area contributed by atoms with Gasteiger partial charge in [0.1, 0.15) is 0 Å². The zero-order chi connectivity index (χ0) is 14.1. The van der Waals surface area contributed by atoms with Crippen molar-refractivity contribution in [3.8, 4) is 11.5 Å². The number of benzene rings is 2. The highest BCUT2D eigenvalue weighted by Crippen LogP contribution is 2.36. The number of nitrogens with zero attached hydrogens (tertiary/aromatic N) is 1. The van der Waals surface area contributed by atoms with E-state index in [1.165, 1.54) is 16.7 Å². The van der Waals surface area contributed by atoms with Crippen LogP contribution in [0.1, 0.15) is 23.1 Å². The topological polar surface area (TPSA) is 21.7 Å². The molecule has 0 aliphatic carbocycles. The predicted octanol–water partition coefficient (Wildman–Crippen LogP) is 3.36. The van der Waals surface area contributed by atoms with Gasteiger partial charge in [-0.1, -0.05) is 30.3 Å². The van der Waals surface area contributed by atoms with E-state index in [1.54, 1.807) is 0 Å². The van der Waals surface area contributed by atoms with Crippen molar-refractivity contribution in [1.29, 1.82) is 0 Å². The van der Waals surface area contributed by atoms with Crippen molar-refractivity contribution in [3.05, 3.63) is 59.2 Å². The van der Waals surface area contributed by atoms with E-state index in [0.717, 1.165) is 50.8 Å². The van der Waals surface area contributed by atoms with Crippen molar-refractivity contribution >= 4 is 0 Å². The van der Waals surface area contributed by atoms with Crippen LogP contribution in [0, 0.1) is 0 Å². The molecular formula is C18H19NO2. The minimum absolute atomic E-state index is 0.750. The molecular weight excluding hydrogens is 262 g/mol. The lowest BCUT2D eigenvalue weighted by Gasteiger charge is -2.14. The molecule has 4 rings (SSSR count). The third-order valence-electron chi connectivity index (χ3n) is 4.11. The van der Waals surface area contributed by atoms with Crippen molar-refractivity contribution in [2.45, 2.75) is 26.1 Å². The van der Waals surface area contributed by atoms with Crippen LogP contribution in [0.3, 0.4) is 0 Å². The summed E-state index contributed by atoms with van der Waals surface area (Å²) in [7, 11) is 0. The normalized spacial score (nSPS) is 17.3. The fourth-order valence-electron chi connectivity index (χ4n) is 3.08. The van der Waals surface area contributed by atoms with Gasteiger partial charge in [-0.15, -0.1) is 0 Å². The lowest BCUT2D eigenvalue weighted by molar-refractivity contribution is 0.274. The Balaban J connectivity index is 1.54. The maximum atomic E-state index is 5.78. The van der Waals surface area contributed by atoms with Crippen molar-refractivity contribution in [1.82, 2.24) is 4.90 Å². The van der Waals surface area contributed by atoms with Gasteiger partial charge < -0.3 is 9.47 Å². The molecule has 0 radical (unpaired) electrons. The van der Waals surface area contributed by atoms with E-state index < -0.39 is 0 Å². The van der Waals surface area contributed by atoms with Crippen LogP contribution >= 0.6 is 0 Å². The molecule has 108 valence electrons. The molecule has 2 aromatic rings. The second-order valence-electron chi connectivity index (χ2n) is 5.75. The minimum Gasteiger partial charge on any atom is -0.490 e. The number of rotatable bonds is 2. The highest BCUT2D eigenvalue weighted by Gasteiger charge is 2.23. The van der Waals surface area contributed by atoms with Gasteiger partial charge in [0.15, 0.2) is 11.5 Å². The summed E-state index contributed by atoms with van der Waals surface area (Å²) in [5.41, 5.74) is 4.10. The van der Waals surface area contributed by atoms with Crippen molar-refractivity contribution in [2.75, 3.05) is 13.2 Å². The molecule has 3 nitrogen and oxygen atoms in total. The Labute approximate surface area is 125 Å². The van der Waals surface area contributed by atoms with Gasteiger partial charge in [-0.2, -0.15) is 0 Å². The van der Waals surface area contributed by atoms with Gasteiger partial charge in [0.2, 0.25) is 0 Å². The van der Waals surface area contributed by atoms with E-state index in [2.05, 4.69) is 47.4 Å². The molecule has 21 heavy (non-hydrogen) atoms. The first kappa shape index (κ1) is 12.7. The average Bonchev–Trinajstić information content (AvgIpc) is 2.74. The molecule has 2 aliphatic rings. The van der Waals surface area contributed by atoms with E-state index in [0.29, 0.717) is 0 Å². The molecule has 0 saturated heterocycles. The second-order valence-corrected chi connectivity index (χ2v) is 5.75. The Kier molecular flexibility index (Phi) is 3.28. The highest BCUT2D eigenvalue weighted by molar-refractivity contribution is 5.49. The van der Waals surface area contributed by atoms with Crippen LogP contribution in [0.4, 0.5) is 0 Å². The molecule has 0 N–H and O–H groups in total. The van der Waals surface area contributed by atoms with Crippen LogP contribution in [-0.2, 0) is 19.6 Å². The van der Waals surface area contributed by atoms with E-state index >= 15 is 0 Å². The monoisotopic (exact) mass is 281 g/mol. The number of ether oxygens (including phenoxy) is 2. The van der Waals surface area contributed by atoms with Crippen LogP contribution in [0.2, 0.25) is 0 Å². The number of hydrogen-bond acceptors (Lipinski definition) is 3. The largest absolute Gasteiger partial charge is 0.490 e. The summed E-state index contributed by atoms with van der Waals surface area (Å²) in [5, 5.41) is 0. The quantitative estimate of drug-likeness (QED) is 0.842. The van der Waals surface area contributed by atoms with E-state index in [1.807, 2.05) is 0 Å². The van der Waals surface area contributed by atoms with Crippen LogP contribution < -0.4 is 9.47 Å². The molecule has 0 saturated carbocycles. The Morgan fingerprint density at radius 1 is 0.857 bits per heavy atom. The third-order valence-corrected chi connectivity index (χ3v) is 4.11. The molecule has 0 spiro atoms. The zero-order valence-electron chi connectivity index (χ0n) is 12.0. The first-order valence-corrected chi connectivity index (χ1v) is 7.56. The Morgan fingerprint density at radius 2 is 1.48 bits per heavy atom. The first-order valence-electron chi connectivity index (χ1n) is 7.56. The molecule has 2 aromatic carbocycles. The Bertz CT molecular complexity index is 604. The van der Waals surface area contributed by atoms with Crippen LogP contribution in [0.25, 0.3) is 0 Å². The van der Waals surface area contributed by atoms with Gasteiger partial charge in [-0.3, -0.25) is 4.90 Å². The zero-order valence-corrected chi connectivity index (χ0v) is 12.0. The van der Waals surface area contributed by atoms with Crippen LogP contribution in [0.5, 0.6) is 11.5 Å². The molecule has 0 bridgehead atoms. The van der Waals surface area contributed by atoms with Gasteiger partial charge in [-0.25, -0.2) is 0 Å². The van der Waals surface area contributed by atoms with Crippen LogP contribution in [-0.4, -0.2) is 18.1 Å². The van der Waals surface area contributed by atoms with E-state index in [9.17, 15) is 0 Å². The minimum atomic E-state index is 0.750. The Hall–Kier alpha value is -2.00. The predicted molar refractivity (Wildman–Crippen MR) is 81.4 cm³/mol. The summed E-state index contributed by atoms with van der Waals surface area (Å²) in [4.78, 5) is 2.46. The van der Waals surface area contributed by atoms with Gasteiger partial charge in [0.25, 0.3) is 0 Å². The molecule has 2 heterocycles. The molecule has 0 amide bonds. The molecule has 0 aromatic heterocycles. The Morgan fingerprint density at radius 3 is 2.10 bits per heavy atom. The lowest BCUT2D eigenvalue weighted by Crippen LogP contribution is -2.15. The number of fused-ring (bicyclic) bond motifs is 2. The summed E-state index contributed by atoms with van der Waals surface area (Å²) in [5.74, 6) is 1.82. The summed E-state index contributed by atoms with van der Waals surface area (Å²) in [6, 6.07) is 15.0. The smallest absolute Gasteiger partial charge is 0.161 e. The third kappa shape index (κ3) is 2.61. The molecule has 2 aliphatic heterocycles. The van der Waals surface area contributed by atoms with Gasteiger partial charge >= 0.3 is 0 Å². The standard InChI is InChI=1S/C18H19NO2/c1-2-5-14(6-3-1)11-19-12-15-9-17-18(10-16(15)13-19)21-8-4-7-20-17/h1-3,5-6,9-10H,4,7-8,11-13H2. The van der Waals surface area contributed by atoms with Crippen molar-refractivity contribution < 1.29 is 9.47 Å².